The normalized spacial score (nSPS) is 29.3. The molecule has 4 nitrogen and oxygen atoms in total. The van der Waals surface area contributed by atoms with Crippen LogP contribution in [0.4, 0.5) is 5.69 Å². The summed E-state index contributed by atoms with van der Waals surface area (Å²) in [6.07, 6.45) is 7.29. The van der Waals surface area contributed by atoms with E-state index in [0.717, 1.165) is 43.6 Å². The number of anilines is 1. The van der Waals surface area contributed by atoms with E-state index in [1.165, 1.54) is 25.7 Å². The van der Waals surface area contributed by atoms with Gasteiger partial charge in [-0.2, -0.15) is 0 Å². The topological polar surface area (TPSA) is 35.6 Å². The van der Waals surface area contributed by atoms with Gasteiger partial charge in [0.05, 0.1) is 6.67 Å². The van der Waals surface area contributed by atoms with Crippen LogP contribution in [0.5, 0.6) is 0 Å². The Morgan fingerprint density at radius 3 is 2.32 bits per heavy atom. The maximum absolute atomic E-state index is 12.7. The summed E-state index contributed by atoms with van der Waals surface area (Å²) in [6.45, 7) is 5.12. The molecule has 3 aliphatic rings. The molecule has 25 heavy (non-hydrogen) atoms. The Balaban J connectivity index is 0.00000182. The first-order valence-corrected chi connectivity index (χ1v) is 9.54. The lowest BCUT2D eigenvalue weighted by Gasteiger charge is -2.46. The van der Waals surface area contributed by atoms with Gasteiger partial charge < -0.3 is 15.1 Å². The van der Waals surface area contributed by atoms with Crippen molar-refractivity contribution in [1.29, 1.82) is 0 Å². The first-order chi connectivity index (χ1) is 11.7. The van der Waals surface area contributed by atoms with Crippen LogP contribution in [0.25, 0.3) is 0 Å². The molecule has 1 aliphatic carbocycles. The molecule has 0 aromatic heterocycles. The lowest BCUT2D eigenvalue weighted by atomic mass is 9.82. The Morgan fingerprint density at radius 2 is 1.68 bits per heavy atom. The lowest BCUT2D eigenvalue weighted by Crippen LogP contribution is -2.58. The standard InChI is InChI=1S/C20H29N3O.ClH/c1-16-7-9-17(10-8-16)22-13-11-20(12-14-22)19(24)21-15-23(20)18-5-3-2-4-6-18;/h2-6,16-17H,7-15H2,1H3,(H,21,24);1H/t16-,17+;. The van der Waals surface area contributed by atoms with Gasteiger partial charge in [-0.3, -0.25) is 4.79 Å². The lowest BCUT2D eigenvalue weighted by molar-refractivity contribution is -0.125. The average molecular weight is 364 g/mol. The van der Waals surface area contributed by atoms with Crippen molar-refractivity contribution in [1.82, 2.24) is 10.2 Å². The summed E-state index contributed by atoms with van der Waals surface area (Å²) in [5.41, 5.74) is 0.829. The molecule has 1 aromatic carbocycles. The third-order valence-corrected chi connectivity index (χ3v) is 6.53. The predicted molar refractivity (Wildman–Crippen MR) is 104 cm³/mol. The molecule has 3 fully saturated rings. The highest BCUT2D eigenvalue weighted by molar-refractivity contribution is 5.93. The van der Waals surface area contributed by atoms with Gasteiger partial charge in [0.15, 0.2) is 0 Å². The van der Waals surface area contributed by atoms with Crippen LogP contribution in [0.15, 0.2) is 30.3 Å². The number of carbonyl (C=O) groups is 1. The van der Waals surface area contributed by atoms with E-state index in [4.69, 9.17) is 0 Å². The number of piperidine rings is 1. The summed E-state index contributed by atoms with van der Waals surface area (Å²) in [4.78, 5) is 17.6. The summed E-state index contributed by atoms with van der Waals surface area (Å²) in [5, 5.41) is 3.10. The van der Waals surface area contributed by atoms with Gasteiger partial charge in [0.25, 0.3) is 0 Å². The predicted octanol–water partition coefficient (Wildman–Crippen LogP) is 3.42. The van der Waals surface area contributed by atoms with Crippen LogP contribution < -0.4 is 10.2 Å². The van der Waals surface area contributed by atoms with E-state index in [2.05, 4.69) is 46.3 Å². The minimum Gasteiger partial charge on any atom is -0.339 e. The molecule has 1 aromatic rings. The molecule has 2 aliphatic heterocycles. The van der Waals surface area contributed by atoms with Crippen LogP contribution >= 0.6 is 12.4 Å². The van der Waals surface area contributed by atoms with E-state index in [1.807, 2.05) is 6.07 Å². The highest BCUT2D eigenvalue weighted by Gasteiger charge is 2.50. The van der Waals surface area contributed by atoms with Crippen LogP contribution in [-0.2, 0) is 4.79 Å². The maximum Gasteiger partial charge on any atom is 0.247 e. The third kappa shape index (κ3) is 3.39. The van der Waals surface area contributed by atoms with Gasteiger partial charge in [0.2, 0.25) is 5.91 Å². The highest BCUT2D eigenvalue weighted by atomic mass is 35.5. The monoisotopic (exact) mass is 363 g/mol. The van der Waals surface area contributed by atoms with Gasteiger partial charge >= 0.3 is 0 Å². The average Bonchev–Trinajstić information content (AvgIpc) is 2.94. The van der Waals surface area contributed by atoms with Gasteiger partial charge in [0, 0.05) is 24.8 Å². The number of benzene rings is 1. The molecule has 0 atom stereocenters. The molecule has 1 spiro atoms. The Morgan fingerprint density at radius 1 is 1.04 bits per heavy atom. The zero-order chi connectivity index (χ0) is 16.6. The van der Waals surface area contributed by atoms with Crippen molar-refractivity contribution >= 4 is 24.0 Å². The summed E-state index contributed by atoms with van der Waals surface area (Å²) in [5.74, 6) is 1.12. The number of amides is 1. The molecular weight excluding hydrogens is 334 g/mol. The number of carbonyl (C=O) groups excluding carboxylic acids is 1. The van der Waals surface area contributed by atoms with Crippen molar-refractivity contribution in [2.75, 3.05) is 24.7 Å². The van der Waals surface area contributed by atoms with Crippen LogP contribution in [0.3, 0.4) is 0 Å². The molecule has 5 heteroatoms. The number of hydrogen-bond acceptors (Lipinski definition) is 3. The highest BCUT2D eigenvalue weighted by Crippen LogP contribution is 2.38. The largest absolute Gasteiger partial charge is 0.339 e. The second-order valence-corrected chi connectivity index (χ2v) is 7.91. The van der Waals surface area contributed by atoms with Crippen molar-refractivity contribution in [3.05, 3.63) is 30.3 Å². The Labute approximate surface area is 157 Å². The number of likely N-dealkylation sites (tertiary alicyclic amines) is 1. The Bertz CT molecular complexity index is 578. The van der Waals surface area contributed by atoms with Gasteiger partial charge in [-0.15, -0.1) is 12.4 Å². The van der Waals surface area contributed by atoms with Gasteiger partial charge in [-0.05, 0) is 56.6 Å². The Hall–Kier alpha value is -1.26. The molecule has 138 valence electrons. The van der Waals surface area contributed by atoms with Gasteiger partial charge in [0.1, 0.15) is 5.54 Å². The van der Waals surface area contributed by atoms with Crippen LogP contribution in [0.2, 0.25) is 0 Å². The Kier molecular flexibility index (Phi) is 5.59. The van der Waals surface area contributed by atoms with Crippen LogP contribution in [-0.4, -0.2) is 42.1 Å². The van der Waals surface area contributed by atoms with Crippen LogP contribution in [0.1, 0.15) is 45.4 Å². The fourth-order valence-corrected chi connectivity index (χ4v) is 4.90. The fraction of sp³-hybridized carbons (Fsp3) is 0.650. The number of para-hydroxylation sites is 1. The van der Waals surface area contributed by atoms with E-state index in [9.17, 15) is 4.79 Å². The van der Waals surface area contributed by atoms with Crippen molar-refractivity contribution in [2.24, 2.45) is 5.92 Å². The smallest absolute Gasteiger partial charge is 0.247 e. The SMILES string of the molecule is C[C@H]1CC[C@@H](N2CCC3(CC2)C(=O)NCN3c2ccccc2)CC1.Cl. The fourth-order valence-electron chi connectivity index (χ4n) is 4.90. The summed E-state index contributed by atoms with van der Waals surface area (Å²) in [7, 11) is 0. The van der Waals surface area contributed by atoms with E-state index < -0.39 is 0 Å². The second kappa shape index (κ2) is 7.55. The minimum atomic E-state index is -0.334. The number of nitrogens with zero attached hydrogens (tertiary/aromatic N) is 2. The first-order valence-electron chi connectivity index (χ1n) is 9.54. The van der Waals surface area contributed by atoms with E-state index >= 15 is 0 Å². The summed E-state index contributed by atoms with van der Waals surface area (Å²) < 4.78 is 0. The van der Waals surface area contributed by atoms with Crippen molar-refractivity contribution in [3.63, 3.8) is 0 Å². The number of hydrogen-bond donors (Lipinski definition) is 1. The molecule has 2 heterocycles. The maximum atomic E-state index is 12.7. The zero-order valence-electron chi connectivity index (χ0n) is 15.1. The van der Waals surface area contributed by atoms with Crippen molar-refractivity contribution in [3.8, 4) is 0 Å². The quantitative estimate of drug-likeness (QED) is 0.874. The molecule has 0 bridgehead atoms. The van der Waals surface area contributed by atoms with E-state index in [1.54, 1.807) is 0 Å². The minimum absolute atomic E-state index is 0. The number of nitrogens with one attached hydrogen (secondary N) is 1. The summed E-state index contributed by atoms with van der Waals surface area (Å²) >= 11 is 0. The van der Waals surface area contributed by atoms with Gasteiger partial charge in [-0.25, -0.2) is 0 Å². The molecule has 2 saturated heterocycles. The molecule has 0 unspecified atom stereocenters. The van der Waals surface area contributed by atoms with Crippen molar-refractivity contribution in [2.45, 2.75) is 57.0 Å². The molecular formula is C20H30ClN3O. The molecule has 0 radical (unpaired) electrons. The molecule has 1 amide bonds. The molecule has 1 saturated carbocycles. The van der Waals surface area contributed by atoms with Gasteiger partial charge in [-0.1, -0.05) is 25.1 Å². The number of halogens is 1. The van der Waals surface area contributed by atoms with Crippen molar-refractivity contribution < 1.29 is 4.79 Å². The second-order valence-electron chi connectivity index (χ2n) is 7.91. The molecule has 1 N–H and O–H groups in total. The van der Waals surface area contributed by atoms with E-state index in [-0.39, 0.29) is 23.9 Å². The third-order valence-electron chi connectivity index (χ3n) is 6.53. The first kappa shape index (κ1) is 18.5. The van der Waals surface area contributed by atoms with E-state index in [0.29, 0.717) is 6.67 Å². The zero-order valence-corrected chi connectivity index (χ0v) is 15.9. The number of rotatable bonds is 2. The summed E-state index contributed by atoms with van der Waals surface area (Å²) in [6, 6.07) is 11.1. The molecule has 4 rings (SSSR count). The van der Waals surface area contributed by atoms with Crippen LogP contribution in [0, 0.1) is 5.92 Å².